The molecule has 18 heteroatoms. The van der Waals surface area contributed by atoms with E-state index in [1.165, 1.54) is 0 Å². The largest absolute Gasteiger partial charge is 0.393 e. The Balaban J connectivity index is 6.58. The Morgan fingerprint density at radius 1 is 0.567 bits per heavy atom. The molecule has 0 unspecified atom stereocenters. The van der Waals surface area contributed by atoms with Crippen LogP contribution < -0.4 is 0 Å². The first-order chi connectivity index (χ1) is 12.7. The molecule has 0 N–H and O–H groups in total. The topological polar surface area (TPSA) is 17.1 Å². The number of carbonyl (C=O) groups excluding carboxylic acids is 1. The van der Waals surface area contributed by atoms with Crippen molar-refractivity contribution >= 4 is 17.4 Å². The summed E-state index contributed by atoms with van der Waals surface area (Å²) in [7, 11) is 0. The molecule has 0 aromatic rings. The third kappa shape index (κ3) is 3.89. The number of rotatable bonds is 10. The lowest BCUT2D eigenvalue weighted by Crippen LogP contribution is -2.74. The van der Waals surface area contributed by atoms with Crippen molar-refractivity contribution in [1.82, 2.24) is 0 Å². The van der Waals surface area contributed by atoms with E-state index in [4.69, 9.17) is 0 Å². The van der Waals surface area contributed by atoms with Crippen LogP contribution in [0.5, 0.6) is 0 Å². The molecule has 0 aromatic carbocycles. The fraction of sp³-hybridized carbons (Fsp3) is 0.917. The minimum Gasteiger partial charge on any atom is -0.300 e. The molecule has 0 aliphatic carbocycles. The van der Waals surface area contributed by atoms with E-state index in [1.807, 2.05) is 0 Å². The van der Waals surface area contributed by atoms with E-state index in [0.717, 1.165) is 0 Å². The van der Waals surface area contributed by atoms with E-state index in [1.54, 1.807) is 0 Å². The van der Waals surface area contributed by atoms with Gasteiger partial charge < -0.3 is 4.79 Å². The monoisotopic (exact) mass is 506 g/mol. The first kappa shape index (κ1) is 28.8. The average Bonchev–Trinajstić information content (AvgIpc) is 2.50. The van der Waals surface area contributed by atoms with Gasteiger partial charge in [0.1, 0.15) is 5.78 Å². The molecule has 0 radical (unpaired) electrons. The Hall–Kier alpha value is -1.16. The van der Waals surface area contributed by atoms with Crippen molar-refractivity contribution in [3.8, 4) is 0 Å². The smallest absolute Gasteiger partial charge is 0.300 e. The average molecular weight is 507 g/mol. The third-order valence-electron chi connectivity index (χ3n) is 3.58. The molecule has 0 aromatic heterocycles. The maximum absolute atomic E-state index is 13.4. The van der Waals surface area contributed by atoms with Crippen LogP contribution in [0.1, 0.15) is 19.8 Å². The van der Waals surface area contributed by atoms with Crippen molar-refractivity contribution in [2.45, 2.75) is 66.6 Å². The van der Waals surface area contributed by atoms with Gasteiger partial charge in [0.15, 0.2) is 0 Å². The van der Waals surface area contributed by atoms with Crippen LogP contribution in [0.3, 0.4) is 0 Å². The van der Waals surface area contributed by atoms with Crippen molar-refractivity contribution in [2.24, 2.45) is 0 Å². The zero-order chi connectivity index (χ0) is 25.0. The molecule has 30 heavy (non-hydrogen) atoms. The summed E-state index contributed by atoms with van der Waals surface area (Å²) in [6, 6.07) is 0. The maximum Gasteiger partial charge on any atom is 0.393 e. The molecular weight excluding hydrogens is 500 g/mol. The molecule has 180 valence electrons. The highest BCUT2D eigenvalue weighted by Gasteiger charge is 2.94. The summed E-state index contributed by atoms with van der Waals surface area (Å²) < 4.78 is 209. The molecule has 0 amide bonds. The number of hydrogen-bond acceptors (Lipinski definition) is 1. The first-order valence-electron chi connectivity index (χ1n) is 6.87. The van der Waals surface area contributed by atoms with Gasteiger partial charge in [0, 0.05) is 12.8 Å². The van der Waals surface area contributed by atoms with Gasteiger partial charge in [0.2, 0.25) is 0 Å². The lowest BCUT2D eigenvalue weighted by molar-refractivity contribution is -0.449. The summed E-state index contributed by atoms with van der Waals surface area (Å²) in [5.41, 5.74) is 0. The van der Waals surface area contributed by atoms with Crippen LogP contribution in [-0.4, -0.2) is 52.6 Å². The lowest BCUT2D eigenvalue weighted by Gasteiger charge is -2.43. The maximum atomic E-state index is 13.4. The van der Waals surface area contributed by atoms with E-state index in [-0.39, 0.29) is 0 Å². The minimum atomic E-state index is -8.48. The lowest BCUT2D eigenvalue weighted by atomic mass is 9.88. The quantitative estimate of drug-likeness (QED) is 0.240. The number of carbonyl (C=O) groups is 1. The van der Waals surface area contributed by atoms with E-state index in [9.17, 15) is 75.0 Å². The van der Waals surface area contributed by atoms with Gasteiger partial charge in [-0.3, -0.25) is 0 Å². The number of Topliss-reactive ketones (excluding diaryl/α,β-unsaturated/α-hetero) is 1. The van der Waals surface area contributed by atoms with Gasteiger partial charge in [-0.1, -0.05) is 0 Å². The Bertz CT molecular complexity index is 649. The number of alkyl halides is 17. The van der Waals surface area contributed by atoms with Crippen molar-refractivity contribution in [3.63, 3.8) is 0 Å². The molecule has 0 bridgehead atoms. The fourth-order valence-electron chi connectivity index (χ4n) is 1.69. The highest BCUT2D eigenvalue weighted by molar-refractivity contribution is 6.22. The SMILES string of the molecule is CC(=O)CCC(F)(F)C(F)(F)C(F)(F)C(F)(F)C(F)(F)C(F)(F)C(F)(F)C(F)(F)Cl. The summed E-state index contributed by atoms with van der Waals surface area (Å²) in [5, 5.41) is -6.81. The van der Waals surface area contributed by atoms with Crippen LogP contribution in [0.4, 0.5) is 70.2 Å². The predicted octanol–water partition coefficient (Wildman–Crippen LogP) is 6.63. The van der Waals surface area contributed by atoms with Gasteiger partial charge >= 0.3 is 46.8 Å². The van der Waals surface area contributed by atoms with Crippen LogP contribution in [0.15, 0.2) is 0 Å². The van der Waals surface area contributed by atoms with Crippen LogP contribution in [-0.2, 0) is 4.79 Å². The zero-order valence-corrected chi connectivity index (χ0v) is 14.5. The summed E-state index contributed by atoms with van der Waals surface area (Å²) in [6.07, 6.45) is -4.40. The standard InChI is InChI=1S/C12H7ClF16O/c1-4(30)2-3-5(14,15)6(16,17)7(18,19)8(20,21)9(22,23)10(24,25)11(26,27)12(13,28)29/h2-3H2,1H3. The van der Waals surface area contributed by atoms with E-state index >= 15 is 0 Å². The fourth-order valence-corrected chi connectivity index (χ4v) is 1.81. The van der Waals surface area contributed by atoms with Crippen LogP contribution in [0.25, 0.3) is 0 Å². The second kappa shape index (κ2) is 7.46. The Kier molecular flexibility index (Phi) is 7.17. The van der Waals surface area contributed by atoms with Gasteiger partial charge in [-0.05, 0) is 18.5 Å². The van der Waals surface area contributed by atoms with Gasteiger partial charge in [-0.15, -0.1) is 0 Å². The molecule has 0 aliphatic rings. The molecule has 0 fully saturated rings. The minimum absolute atomic E-state index is 0.421. The summed E-state index contributed by atoms with van der Waals surface area (Å²) in [4.78, 5) is 10.5. The van der Waals surface area contributed by atoms with Crippen molar-refractivity contribution in [2.75, 3.05) is 0 Å². The molecule has 1 nitrogen and oxygen atoms in total. The third-order valence-corrected chi connectivity index (χ3v) is 3.82. The Morgan fingerprint density at radius 2 is 0.833 bits per heavy atom. The van der Waals surface area contributed by atoms with Crippen molar-refractivity contribution in [1.29, 1.82) is 0 Å². The van der Waals surface area contributed by atoms with Crippen molar-refractivity contribution in [3.05, 3.63) is 0 Å². The second-order valence-corrected chi connectivity index (χ2v) is 6.33. The summed E-state index contributed by atoms with van der Waals surface area (Å²) in [5.74, 6) is -56.7. The number of hydrogen-bond donors (Lipinski definition) is 0. The predicted molar refractivity (Wildman–Crippen MR) is 65.3 cm³/mol. The van der Waals surface area contributed by atoms with E-state index < -0.39 is 65.5 Å². The molecule has 0 rings (SSSR count). The van der Waals surface area contributed by atoms with Crippen molar-refractivity contribution < 1.29 is 75.0 Å². The van der Waals surface area contributed by atoms with Crippen LogP contribution >= 0.6 is 11.6 Å². The molecule has 0 aliphatic heterocycles. The van der Waals surface area contributed by atoms with E-state index in [0.29, 0.717) is 6.92 Å². The van der Waals surface area contributed by atoms with Gasteiger partial charge in [0.05, 0.1) is 0 Å². The van der Waals surface area contributed by atoms with Gasteiger partial charge in [-0.2, -0.15) is 70.2 Å². The summed E-state index contributed by atoms with van der Waals surface area (Å²) in [6.45, 7) is 0.421. The van der Waals surface area contributed by atoms with Gasteiger partial charge in [0.25, 0.3) is 0 Å². The van der Waals surface area contributed by atoms with E-state index in [2.05, 4.69) is 11.6 Å². The molecule has 0 saturated carbocycles. The summed E-state index contributed by atoms with van der Waals surface area (Å²) >= 11 is 3.38. The van der Waals surface area contributed by atoms with Crippen LogP contribution in [0.2, 0.25) is 0 Å². The molecule has 0 heterocycles. The zero-order valence-electron chi connectivity index (χ0n) is 13.7. The Labute approximate surface area is 160 Å². The Morgan fingerprint density at radius 3 is 1.10 bits per heavy atom. The number of halogens is 17. The molecular formula is C12H7ClF16O. The van der Waals surface area contributed by atoms with Gasteiger partial charge in [-0.25, -0.2) is 0 Å². The number of ketones is 1. The molecule has 0 saturated heterocycles. The second-order valence-electron chi connectivity index (χ2n) is 5.85. The normalized spacial score (nSPS) is 16.1. The highest BCUT2D eigenvalue weighted by Crippen LogP contribution is 2.64. The first-order valence-corrected chi connectivity index (χ1v) is 7.25. The molecule has 0 spiro atoms. The molecule has 0 atom stereocenters. The van der Waals surface area contributed by atoms with Crippen LogP contribution in [0, 0.1) is 0 Å². The highest BCUT2D eigenvalue weighted by atomic mass is 35.5.